The fourth-order valence-electron chi connectivity index (χ4n) is 3.20. The van der Waals surface area contributed by atoms with E-state index in [2.05, 4.69) is 10.6 Å². The van der Waals surface area contributed by atoms with Gasteiger partial charge in [-0.2, -0.15) is 13.2 Å². The van der Waals surface area contributed by atoms with Crippen molar-refractivity contribution < 1.29 is 18.0 Å². The Labute approximate surface area is 150 Å². The number of para-hydroxylation sites is 1. The van der Waals surface area contributed by atoms with Crippen LogP contribution in [-0.4, -0.2) is 11.9 Å². The molecule has 26 heavy (non-hydrogen) atoms. The van der Waals surface area contributed by atoms with Crippen LogP contribution in [0, 0.1) is 0 Å². The maximum atomic E-state index is 12.7. The van der Waals surface area contributed by atoms with Gasteiger partial charge in [0.1, 0.15) is 0 Å². The van der Waals surface area contributed by atoms with Gasteiger partial charge in [-0.15, -0.1) is 0 Å². The van der Waals surface area contributed by atoms with Crippen LogP contribution in [0.5, 0.6) is 0 Å². The molecule has 2 N–H and O–H groups in total. The van der Waals surface area contributed by atoms with E-state index in [1.807, 2.05) is 0 Å². The van der Waals surface area contributed by atoms with Crippen LogP contribution < -0.4 is 10.6 Å². The quantitative estimate of drug-likeness (QED) is 0.753. The van der Waals surface area contributed by atoms with E-state index < -0.39 is 11.7 Å². The first kappa shape index (κ1) is 18.3. The summed E-state index contributed by atoms with van der Waals surface area (Å²) in [6.07, 6.45) is 1.06. The molecule has 0 unspecified atom stereocenters. The zero-order chi connectivity index (χ0) is 18.6. The molecule has 1 aliphatic carbocycles. The molecule has 0 heterocycles. The highest BCUT2D eigenvalue weighted by Gasteiger charge is 2.30. The molecule has 2 aromatic carbocycles. The largest absolute Gasteiger partial charge is 0.416 e. The van der Waals surface area contributed by atoms with Crippen molar-refractivity contribution in [3.8, 4) is 0 Å². The van der Waals surface area contributed by atoms with Crippen LogP contribution in [0.3, 0.4) is 0 Å². The molecule has 1 saturated carbocycles. The van der Waals surface area contributed by atoms with Crippen molar-refractivity contribution in [3.63, 3.8) is 0 Å². The number of halogens is 3. The lowest BCUT2D eigenvalue weighted by molar-refractivity contribution is -0.137. The molecule has 0 saturated heterocycles. The molecule has 1 aliphatic rings. The molecule has 3 nitrogen and oxygen atoms in total. The van der Waals surface area contributed by atoms with Crippen molar-refractivity contribution in [3.05, 3.63) is 59.7 Å². The Morgan fingerprint density at radius 3 is 2.23 bits per heavy atom. The fraction of sp³-hybridized carbons (Fsp3) is 0.350. The molecule has 138 valence electrons. The minimum atomic E-state index is -4.36. The lowest BCUT2D eigenvalue weighted by Crippen LogP contribution is -2.36. The second kappa shape index (κ2) is 7.81. The maximum Gasteiger partial charge on any atom is 0.416 e. The summed E-state index contributed by atoms with van der Waals surface area (Å²) < 4.78 is 38.0. The monoisotopic (exact) mass is 362 g/mol. The van der Waals surface area contributed by atoms with E-state index in [9.17, 15) is 18.0 Å². The van der Waals surface area contributed by atoms with E-state index in [-0.39, 0.29) is 11.9 Å². The maximum absolute atomic E-state index is 12.7. The third-order valence-corrected chi connectivity index (χ3v) is 4.60. The number of benzene rings is 2. The zero-order valence-electron chi connectivity index (χ0n) is 14.3. The van der Waals surface area contributed by atoms with Crippen LogP contribution in [0.1, 0.15) is 48.0 Å². The van der Waals surface area contributed by atoms with Gasteiger partial charge in [-0.3, -0.25) is 4.79 Å². The summed E-state index contributed by atoms with van der Waals surface area (Å²) in [6, 6.07) is 12.0. The number of nitrogens with one attached hydrogen (secondary N) is 2. The summed E-state index contributed by atoms with van der Waals surface area (Å²) in [6.45, 7) is 0. The number of anilines is 2. The average Bonchev–Trinajstić information content (AvgIpc) is 2.63. The number of alkyl halides is 3. The summed E-state index contributed by atoms with van der Waals surface area (Å²) in [4.78, 5) is 12.6. The van der Waals surface area contributed by atoms with Crippen molar-refractivity contribution >= 4 is 17.3 Å². The minimum Gasteiger partial charge on any atom is -0.355 e. The third-order valence-electron chi connectivity index (χ3n) is 4.60. The molecule has 1 fully saturated rings. The molecule has 2 aromatic rings. The standard InChI is InChI=1S/C20H21F3N2O/c21-20(22,23)14-10-12-16(13-11-14)24-18-9-5-4-8-17(18)19(26)25-15-6-2-1-3-7-15/h4-5,8-13,15,24H,1-3,6-7H2,(H,25,26). The lowest BCUT2D eigenvalue weighted by atomic mass is 9.95. The smallest absolute Gasteiger partial charge is 0.355 e. The Bertz CT molecular complexity index is 750. The summed E-state index contributed by atoms with van der Waals surface area (Å²) in [5.41, 5.74) is 0.848. The number of carbonyl (C=O) groups is 1. The van der Waals surface area contributed by atoms with Gasteiger partial charge in [0.2, 0.25) is 0 Å². The SMILES string of the molecule is O=C(NC1CCCCC1)c1ccccc1Nc1ccc(C(F)(F)F)cc1. The van der Waals surface area contributed by atoms with Crippen LogP contribution in [0.2, 0.25) is 0 Å². The van der Waals surface area contributed by atoms with Gasteiger partial charge >= 0.3 is 6.18 Å². The van der Waals surface area contributed by atoms with Gasteiger partial charge in [-0.25, -0.2) is 0 Å². The topological polar surface area (TPSA) is 41.1 Å². The van der Waals surface area contributed by atoms with Gasteiger partial charge in [0, 0.05) is 11.7 Å². The van der Waals surface area contributed by atoms with E-state index in [4.69, 9.17) is 0 Å². The molecule has 1 amide bonds. The Hall–Kier alpha value is -2.50. The van der Waals surface area contributed by atoms with E-state index >= 15 is 0 Å². The van der Waals surface area contributed by atoms with Crippen molar-refractivity contribution in [2.24, 2.45) is 0 Å². The van der Waals surface area contributed by atoms with E-state index in [0.29, 0.717) is 16.9 Å². The summed E-state index contributed by atoms with van der Waals surface area (Å²) in [7, 11) is 0. The van der Waals surface area contributed by atoms with Gasteiger partial charge < -0.3 is 10.6 Å². The Kier molecular flexibility index (Phi) is 5.49. The van der Waals surface area contributed by atoms with E-state index in [1.54, 1.807) is 24.3 Å². The predicted octanol–water partition coefficient (Wildman–Crippen LogP) is 5.51. The fourth-order valence-corrected chi connectivity index (χ4v) is 3.20. The van der Waals surface area contributed by atoms with Crippen molar-refractivity contribution in [2.75, 3.05) is 5.32 Å². The summed E-state index contributed by atoms with van der Waals surface area (Å²) >= 11 is 0. The number of hydrogen-bond acceptors (Lipinski definition) is 2. The molecular weight excluding hydrogens is 341 g/mol. The third kappa shape index (κ3) is 4.56. The highest BCUT2D eigenvalue weighted by Crippen LogP contribution is 2.30. The Balaban J connectivity index is 1.73. The summed E-state index contributed by atoms with van der Waals surface area (Å²) in [5, 5.41) is 6.10. The van der Waals surface area contributed by atoms with E-state index in [0.717, 1.165) is 37.8 Å². The summed E-state index contributed by atoms with van der Waals surface area (Å²) in [5.74, 6) is -0.160. The molecule has 0 aromatic heterocycles. The molecule has 0 aliphatic heterocycles. The minimum absolute atomic E-state index is 0.160. The van der Waals surface area contributed by atoms with Crippen molar-refractivity contribution in [1.82, 2.24) is 5.32 Å². The molecule has 3 rings (SSSR count). The lowest BCUT2D eigenvalue weighted by Gasteiger charge is -2.23. The molecule has 0 spiro atoms. The van der Waals surface area contributed by atoms with Gasteiger partial charge in [0.05, 0.1) is 16.8 Å². The molecule has 6 heteroatoms. The number of carbonyl (C=O) groups excluding carboxylic acids is 1. The van der Waals surface area contributed by atoms with Crippen LogP contribution in [0.4, 0.5) is 24.5 Å². The van der Waals surface area contributed by atoms with Crippen LogP contribution in [0.15, 0.2) is 48.5 Å². The molecule has 0 atom stereocenters. The first-order valence-corrected chi connectivity index (χ1v) is 8.77. The highest BCUT2D eigenvalue weighted by molar-refractivity contribution is 6.00. The Morgan fingerprint density at radius 2 is 1.58 bits per heavy atom. The van der Waals surface area contributed by atoms with Crippen molar-refractivity contribution in [2.45, 2.75) is 44.3 Å². The molecule has 0 bridgehead atoms. The first-order chi connectivity index (χ1) is 12.4. The molecule has 0 radical (unpaired) electrons. The second-order valence-electron chi connectivity index (χ2n) is 6.55. The molecular formula is C20H21F3N2O. The first-order valence-electron chi connectivity index (χ1n) is 8.77. The highest BCUT2D eigenvalue weighted by atomic mass is 19.4. The normalized spacial score (nSPS) is 15.5. The van der Waals surface area contributed by atoms with Gasteiger partial charge in [-0.05, 0) is 49.2 Å². The second-order valence-corrected chi connectivity index (χ2v) is 6.55. The van der Waals surface area contributed by atoms with Crippen molar-refractivity contribution in [1.29, 1.82) is 0 Å². The number of amides is 1. The van der Waals surface area contributed by atoms with Crippen LogP contribution >= 0.6 is 0 Å². The van der Waals surface area contributed by atoms with E-state index in [1.165, 1.54) is 18.6 Å². The predicted molar refractivity (Wildman–Crippen MR) is 95.5 cm³/mol. The van der Waals surface area contributed by atoms with Crippen LogP contribution in [0.25, 0.3) is 0 Å². The number of hydrogen-bond donors (Lipinski definition) is 2. The van der Waals surface area contributed by atoms with Gasteiger partial charge in [0.15, 0.2) is 0 Å². The zero-order valence-corrected chi connectivity index (χ0v) is 14.3. The van der Waals surface area contributed by atoms with Gasteiger partial charge in [0.25, 0.3) is 5.91 Å². The average molecular weight is 362 g/mol. The Morgan fingerprint density at radius 1 is 0.923 bits per heavy atom. The number of rotatable bonds is 4. The van der Waals surface area contributed by atoms with Crippen LogP contribution in [-0.2, 0) is 6.18 Å². The van der Waals surface area contributed by atoms with Gasteiger partial charge in [-0.1, -0.05) is 31.4 Å².